The van der Waals surface area contributed by atoms with Gasteiger partial charge in [0.2, 0.25) is 0 Å². The summed E-state index contributed by atoms with van der Waals surface area (Å²) in [6.45, 7) is 1.82. The molecule has 1 aromatic carbocycles. The van der Waals surface area contributed by atoms with Gasteiger partial charge in [0.25, 0.3) is 0 Å². The first-order valence-corrected chi connectivity index (χ1v) is 12.8. The van der Waals surface area contributed by atoms with E-state index in [1.165, 1.54) is 30.4 Å². The van der Waals surface area contributed by atoms with Gasteiger partial charge in [-0.05, 0) is 37.0 Å². The molecule has 1 fully saturated rings. The minimum atomic E-state index is -3.29. The first-order chi connectivity index (χ1) is 14.1. The molecule has 8 heteroatoms. The molecule has 1 N–H and O–H groups in total. The molecule has 1 aliphatic rings. The van der Waals surface area contributed by atoms with Crippen molar-refractivity contribution in [2.75, 3.05) is 6.26 Å². The number of benzene rings is 1. The van der Waals surface area contributed by atoms with E-state index in [4.69, 9.17) is 5.11 Å². The van der Waals surface area contributed by atoms with Crippen LogP contribution in [0.25, 0.3) is 0 Å². The minimum Gasteiger partial charge on any atom is -0.481 e. The lowest BCUT2D eigenvalue weighted by Crippen LogP contribution is -2.18. The number of carboxylic acids is 1. The Morgan fingerprint density at radius 3 is 2.37 bits per heavy atom. The Bertz CT molecular complexity index is 1020. The zero-order chi connectivity index (χ0) is 21.9. The van der Waals surface area contributed by atoms with Crippen molar-refractivity contribution in [3.63, 3.8) is 0 Å². The van der Waals surface area contributed by atoms with E-state index < -0.39 is 15.8 Å². The summed E-state index contributed by atoms with van der Waals surface area (Å²) < 4.78 is 23.5. The lowest BCUT2D eigenvalue weighted by Gasteiger charge is -2.20. The maximum Gasteiger partial charge on any atom is 0.309 e. The SMILES string of the molecule is Cc1sc(CC(=O)C(CC2CCCC2)c2ccc(S(C)(=O)=O)cc2)nc1CC(=O)O. The average molecular weight is 450 g/mol. The molecule has 1 aromatic heterocycles. The lowest BCUT2D eigenvalue weighted by molar-refractivity contribution is -0.136. The van der Waals surface area contributed by atoms with E-state index in [1.54, 1.807) is 24.3 Å². The Kier molecular flexibility index (Phi) is 7.08. The summed E-state index contributed by atoms with van der Waals surface area (Å²) in [5.74, 6) is -0.709. The maximum absolute atomic E-state index is 13.3. The molecular weight excluding hydrogens is 422 g/mol. The molecule has 0 saturated heterocycles. The summed E-state index contributed by atoms with van der Waals surface area (Å²) in [5.41, 5.74) is 1.35. The molecule has 2 aromatic rings. The normalized spacial score (nSPS) is 15.9. The molecule has 1 unspecified atom stereocenters. The van der Waals surface area contributed by atoms with Gasteiger partial charge in [0.05, 0.1) is 23.4 Å². The fourth-order valence-corrected chi connectivity index (χ4v) is 5.71. The van der Waals surface area contributed by atoms with E-state index in [2.05, 4.69) is 4.98 Å². The summed E-state index contributed by atoms with van der Waals surface area (Å²) >= 11 is 1.37. The third-order valence-electron chi connectivity index (χ3n) is 5.72. The Morgan fingerprint density at radius 2 is 1.80 bits per heavy atom. The Hall–Kier alpha value is -2.06. The molecule has 0 amide bonds. The number of nitrogens with zero attached hydrogens (tertiary/aromatic N) is 1. The predicted octanol–water partition coefficient (Wildman–Crippen LogP) is 3.96. The largest absolute Gasteiger partial charge is 0.481 e. The highest BCUT2D eigenvalue weighted by Crippen LogP contribution is 2.36. The van der Waals surface area contributed by atoms with Gasteiger partial charge in [-0.15, -0.1) is 11.3 Å². The zero-order valence-electron chi connectivity index (χ0n) is 17.3. The predicted molar refractivity (Wildman–Crippen MR) is 116 cm³/mol. The number of carbonyl (C=O) groups is 2. The molecule has 0 radical (unpaired) electrons. The van der Waals surface area contributed by atoms with Crippen LogP contribution >= 0.6 is 11.3 Å². The van der Waals surface area contributed by atoms with Crippen LogP contribution in [0.15, 0.2) is 29.2 Å². The van der Waals surface area contributed by atoms with Crippen LogP contribution in [0.1, 0.15) is 59.2 Å². The van der Waals surface area contributed by atoms with Crippen LogP contribution in [0, 0.1) is 12.8 Å². The molecule has 1 atom stereocenters. The van der Waals surface area contributed by atoms with Crippen molar-refractivity contribution in [3.05, 3.63) is 45.4 Å². The molecule has 0 bridgehead atoms. The maximum atomic E-state index is 13.3. The molecule has 30 heavy (non-hydrogen) atoms. The first kappa shape index (κ1) is 22.6. The van der Waals surface area contributed by atoms with Crippen LogP contribution in [-0.2, 0) is 32.3 Å². The molecular formula is C22H27NO5S2. The molecule has 162 valence electrons. The van der Waals surface area contributed by atoms with Gasteiger partial charge in [-0.25, -0.2) is 13.4 Å². The number of carbonyl (C=O) groups excluding carboxylic acids is 1. The Labute approximate surface area is 181 Å². The first-order valence-electron chi connectivity index (χ1n) is 10.1. The van der Waals surface area contributed by atoms with Crippen molar-refractivity contribution in [1.29, 1.82) is 0 Å². The fraction of sp³-hybridized carbons (Fsp3) is 0.500. The van der Waals surface area contributed by atoms with E-state index in [0.29, 0.717) is 16.6 Å². The molecule has 0 aliphatic heterocycles. The summed E-state index contributed by atoms with van der Waals surface area (Å²) in [4.78, 5) is 29.7. The minimum absolute atomic E-state index is 0.0460. The summed E-state index contributed by atoms with van der Waals surface area (Å²) in [6.07, 6.45) is 6.54. The topological polar surface area (TPSA) is 101 Å². The van der Waals surface area contributed by atoms with E-state index in [9.17, 15) is 18.0 Å². The third kappa shape index (κ3) is 5.76. The van der Waals surface area contributed by atoms with Crippen molar-refractivity contribution < 1.29 is 23.1 Å². The average Bonchev–Trinajstić information content (AvgIpc) is 3.28. The van der Waals surface area contributed by atoms with Gasteiger partial charge in [-0.2, -0.15) is 0 Å². The number of aromatic nitrogens is 1. The fourth-order valence-electron chi connectivity index (χ4n) is 4.12. The van der Waals surface area contributed by atoms with Crippen LogP contribution in [-0.4, -0.2) is 36.5 Å². The van der Waals surface area contributed by atoms with E-state index in [-0.39, 0.29) is 29.4 Å². The van der Waals surface area contributed by atoms with E-state index in [0.717, 1.165) is 29.7 Å². The molecule has 1 saturated carbocycles. The summed E-state index contributed by atoms with van der Waals surface area (Å²) in [5, 5.41) is 9.65. The van der Waals surface area contributed by atoms with Gasteiger partial charge < -0.3 is 5.11 Å². The van der Waals surface area contributed by atoms with Gasteiger partial charge >= 0.3 is 5.97 Å². The number of sulfone groups is 1. The highest BCUT2D eigenvalue weighted by molar-refractivity contribution is 7.90. The summed E-state index contributed by atoms with van der Waals surface area (Å²) in [7, 11) is -3.29. The number of Topliss-reactive ketones (excluding diaryl/α,β-unsaturated/α-hetero) is 1. The highest BCUT2D eigenvalue weighted by Gasteiger charge is 2.28. The molecule has 1 heterocycles. The number of hydrogen-bond donors (Lipinski definition) is 1. The number of hydrogen-bond acceptors (Lipinski definition) is 6. The Balaban J connectivity index is 1.82. The molecule has 3 rings (SSSR count). The van der Waals surface area contributed by atoms with Gasteiger partial charge in [0.15, 0.2) is 9.84 Å². The van der Waals surface area contributed by atoms with Crippen molar-refractivity contribution in [1.82, 2.24) is 4.98 Å². The van der Waals surface area contributed by atoms with Crippen molar-refractivity contribution >= 4 is 32.9 Å². The lowest BCUT2D eigenvalue weighted by atomic mass is 9.84. The second-order valence-electron chi connectivity index (χ2n) is 8.10. The van der Waals surface area contributed by atoms with Crippen LogP contribution < -0.4 is 0 Å². The quantitative estimate of drug-likeness (QED) is 0.622. The second-order valence-corrected chi connectivity index (χ2v) is 11.4. The molecule has 0 spiro atoms. The smallest absolute Gasteiger partial charge is 0.309 e. The monoisotopic (exact) mass is 449 g/mol. The highest BCUT2D eigenvalue weighted by atomic mass is 32.2. The van der Waals surface area contributed by atoms with Crippen LogP contribution in [0.2, 0.25) is 0 Å². The number of aliphatic carboxylic acids is 1. The number of aryl methyl sites for hydroxylation is 1. The summed E-state index contributed by atoms with van der Waals surface area (Å²) in [6, 6.07) is 6.63. The van der Waals surface area contributed by atoms with Gasteiger partial charge in [-0.3, -0.25) is 9.59 Å². The van der Waals surface area contributed by atoms with E-state index in [1.807, 2.05) is 6.92 Å². The van der Waals surface area contributed by atoms with Crippen LogP contribution in [0.4, 0.5) is 0 Å². The number of carboxylic acid groups (broad SMARTS) is 1. The second kappa shape index (κ2) is 9.39. The van der Waals surface area contributed by atoms with Gasteiger partial charge in [0, 0.05) is 17.1 Å². The molecule has 1 aliphatic carbocycles. The number of thiazole rings is 1. The van der Waals surface area contributed by atoms with Crippen molar-refractivity contribution in [3.8, 4) is 0 Å². The van der Waals surface area contributed by atoms with Crippen LogP contribution in [0.3, 0.4) is 0 Å². The van der Waals surface area contributed by atoms with Gasteiger partial charge in [0.1, 0.15) is 10.8 Å². The van der Waals surface area contributed by atoms with E-state index >= 15 is 0 Å². The van der Waals surface area contributed by atoms with Gasteiger partial charge in [-0.1, -0.05) is 37.8 Å². The van der Waals surface area contributed by atoms with Crippen molar-refractivity contribution in [2.45, 2.75) is 62.7 Å². The number of rotatable bonds is 9. The zero-order valence-corrected chi connectivity index (χ0v) is 18.9. The van der Waals surface area contributed by atoms with Crippen LogP contribution in [0.5, 0.6) is 0 Å². The standard InChI is InChI=1S/C22H27NO5S2/c1-14-19(12-22(25)26)23-21(29-14)13-20(24)18(11-15-5-3-4-6-15)16-7-9-17(10-8-16)30(2,27)28/h7-10,15,18H,3-6,11-13H2,1-2H3,(H,25,26). The third-order valence-corrected chi connectivity index (χ3v) is 7.87. The number of ketones is 1. The molecule has 6 nitrogen and oxygen atoms in total. The van der Waals surface area contributed by atoms with Crippen molar-refractivity contribution in [2.24, 2.45) is 5.92 Å². The Morgan fingerprint density at radius 1 is 1.17 bits per heavy atom.